The van der Waals surface area contributed by atoms with Gasteiger partial charge in [0.2, 0.25) is 0 Å². The zero-order chi connectivity index (χ0) is 12.5. The summed E-state index contributed by atoms with van der Waals surface area (Å²) in [5, 5.41) is 0. The van der Waals surface area contributed by atoms with Crippen LogP contribution in [0.2, 0.25) is 0 Å². The van der Waals surface area contributed by atoms with E-state index in [1.165, 1.54) is 56.3 Å². The van der Waals surface area contributed by atoms with Crippen LogP contribution in [0.15, 0.2) is 18.2 Å². The van der Waals surface area contributed by atoms with Crippen molar-refractivity contribution in [1.29, 1.82) is 0 Å². The van der Waals surface area contributed by atoms with Gasteiger partial charge in [-0.3, -0.25) is 0 Å². The zero-order valence-corrected chi connectivity index (χ0v) is 11.4. The van der Waals surface area contributed by atoms with Crippen molar-refractivity contribution >= 4 is 11.4 Å². The van der Waals surface area contributed by atoms with Crippen molar-refractivity contribution in [2.24, 2.45) is 5.92 Å². The molecule has 98 valence electrons. The van der Waals surface area contributed by atoms with E-state index < -0.39 is 0 Å². The SMILES string of the molecule is Cc1ccc(N2CCCC3CCCCC32)cc1N. The molecule has 1 saturated carbocycles. The summed E-state index contributed by atoms with van der Waals surface area (Å²) in [6.07, 6.45) is 8.42. The molecule has 1 aliphatic carbocycles. The summed E-state index contributed by atoms with van der Waals surface area (Å²) in [4.78, 5) is 2.63. The smallest absolute Gasteiger partial charge is 0.0389 e. The number of fused-ring (bicyclic) bond motifs is 1. The van der Waals surface area contributed by atoms with Crippen molar-refractivity contribution in [3.63, 3.8) is 0 Å². The molecule has 1 aromatic rings. The minimum absolute atomic E-state index is 0.773. The average Bonchev–Trinajstić information content (AvgIpc) is 2.41. The first-order chi connectivity index (χ1) is 8.75. The van der Waals surface area contributed by atoms with Gasteiger partial charge in [0.1, 0.15) is 0 Å². The van der Waals surface area contributed by atoms with E-state index in [2.05, 4.69) is 30.0 Å². The standard InChI is InChI=1S/C16H24N2/c1-12-8-9-14(11-15(12)17)18-10-4-6-13-5-2-3-7-16(13)18/h8-9,11,13,16H,2-7,10,17H2,1H3. The quantitative estimate of drug-likeness (QED) is 0.763. The Morgan fingerprint density at radius 1 is 1.11 bits per heavy atom. The second-order valence-electron chi connectivity index (χ2n) is 5.99. The van der Waals surface area contributed by atoms with Crippen molar-refractivity contribution < 1.29 is 0 Å². The van der Waals surface area contributed by atoms with Crippen LogP contribution in [0.1, 0.15) is 44.1 Å². The van der Waals surface area contributed by atoms with Crippen molar-refractivity contribution in [1.82, 2.24) is 0 Å². The van der Waals surface area contributed by atoms with Gasteiger partial charge in [-0.05, 0) is 56.2 Å². The van der Waals surface area contributed by atoms with E-state index in [0.29, 0.717) is 0 Å². The van der Waals surface area contributed by atoms with Gasteiger partial charge in [0.15, 0.2) is 0 Å². The maximum Gasteiger partial charge on any atom is 0.0389 e. The zero-order valence-electron chi connectivity index (χ0n) is 11.4. The lowest BCUT2D eigenvalue weighted by molar-refractivity contribution is 0.244. The molecule has 2 nitrogen and oxygen atoms in total. The predicted octanol–water partition coefficient (Wildman–Crippen LogP) is 3.74. The van der Waals surface area contributed by atoms with Crippen LogP contribution in [-0.4, -0.2) is 12.6 Å². The molecule has 2 aliphatic rings. The highest BCUT2D eigenvalue weighted by Crippen LogP contribution is 2.38. The average molecular weight is 244 g/mol. The molecular formula is C16H24N2. The van der Waals surface area contributed by atoms with Crippen molar-refractivity contribution in [2.75, 3.05) is 17.2 Å². The van der Waals surface area contributed by atoms with E-state index in [1.54, 1.807) is 0 Å². The highest BCUT2D eigenvalue weighted by molar-refractivity contribution is 5.60. The third kappa shape index (κ3) is 2.09. The fraction of sp³-hybridized carbons (Fsp3) is 0.625. The number of anilines is 2. The maximum atomic E-state index is 6.07. The van der Waals surface area contributed by atoms with Crippen LogP contribution in [0.25, 0.3) is 0 Å². The normalized spacial score (nSPS) is 27.9. The van der Waals surface area contributed by atoms with Crippen LogP contribution in [0, 0.1) is 12.8 Å². The number of nitrogens with two attached hydrogens (primary N) is 1. The lowest BCUT2D eigenvalue weighted by Crippen LogP contribution is -2.46. The minimum atomic E-state index is 0.773. The van der Waals surface area contributed by atoms with Gasteiger partial charge in [-0.2, -0.15) is 0 Å². The molecule has 0 aromatic heterocycles. The Morgan fingerprint density at radius 3 is 2.72 bits per heavy atom. The largest absolute Gasteiger partial charge is 0.398 e. The Hall–Kier alpha value is -1.18. The highest BCUT2D eigenvalue weighted by Gasteiger charge is 2.33. The lowest BCUT2D eigenvalue weighted by Gasteiger charge is -2.45. The second kappa shape index (κ2) is 4.83. The van der Waals surface area contributed by atoms with Gasteiger partial charge in [-0.15, -0.1) is 0 Å². The molecule has 18 heavy (non-hydrogen) atoms. The second-order valence-corrected chi connectivity index (χ2v) is 5.99. The van der Waals surface area contributed by atoms with Crippen LogP contribution in [0.5, 0.6) is 0 Å². The molecule has 0 radical (unpaired) electrons. The first-order valence-electron chi connectivity index (χ1n) is 7.38. The summed E-state index contributed by atoms with van der Waals surface area (Å²) in [7, 11) is 0. The molecule has 2 heteroatoms. The Kier molecular flexibility index (Phi) is 3.19. The lowest BCUT2D eigenvalue weighted by atomic mass is 9.78. The molecule has 0 bridgehead atoms. The molecule has 2 fully saturated rings. The monoisotopic (exact) mass is 244 g/mol. The number of benzene rings is 1. The number of hydrogen-bond acceptors (Lipinski definition) is 2. The summed E-state index contributed by atoms with van der Waals surface area (Å²) in [6, 6.07) is 7.36. The number of rotatable bonds is 1. The van der Waals surface area contributed by atoms with Gasteiger partial charge in [-0.25, -0.2) is 0 Å². The van der Waals surface area contributed by atoms with Gasteiger partial charge in [-0.1, -0.05) is 18.9 Å². The number of hydrogen-bond donors (Lipinski definition) is 1. The summed E-state index contributed by atoms with van der Waals surface area (Å²) in [5.74, 6) is 0.926. The molecule has 2 unspecified atom stereocenters. The van der Waals surface area contributed by atoms with E-state index in [1.807, 2.05) is 0 Å². The molecule has 1 aliphatic heterocycles. The van der Waals surface area contributed by atoms with E-state index in [0.717, 1.165) is 17.6 Å². The van der Waals surface area contributed by atoms with Crippen LogP contribution >= 0.6 is 0 Å². The van der Waals surface area contributed by atoms with E-state index in [9.17, 15) is 0 Å². The molecule has 0 amide bonds. The van der Waals surface area contributed by atoms with Crippen LogP contribution in [-0.2, 0) is 0 Å². The van der Waals surface area contributed by atoms with Gasteiger partial charge in [0.25, 0.3) is 0 Å². The van der Waals surface area contributed by atoms with Crippen LogP contribution in [0.4, 0.5) is 11.4 Å². The van der Waals surface area contributed by atoms with E-state index in [-0.39, 0.29) is 0 Å². The van der Waals surface area contributed by atoms with Crippen molar-refractivity contribution in [2.45, 2.75) is 51.5 Å². The van der Waals surface area contributed by atoms with Gasteiger partial charge >= 0.3 is 0 Å². The summed E-state index contributed by atoms with van der Waals surface area (Å²) >= 11 is 0. The van der Waals surface area contributed by atoms with Crippen molar-refractivity contribution in [3.05, 3.63) is 23.8 Å². The first-order valence-corrected chi connectivity index (χ1v) is 7.38. The third-order valence-electron chi connectivity index (χ3n) is 4.84. The number of aryl methyl sites for hydroxylation is 1. The number of piperidine rings is 1. The summed E-state index contributed by atoms with van der Waals surface area (Å²) in [6.45, 7) is 3.29. The fourth-order valence-electron chi connectivity index (χ4n) is 3.75. The molecule has 1 heterocycles. The molecule has 2 N–H and O–H groups in total. The summed E-state index contributed by atoms with van der Waals surface area (Å²) in [5.41, 5.74) is 9.54. The van der Waals surface area contributed by atoms with Gasteiger partial charge in [0.05, 0.1) is 0 Å². The fourth-order valence-corrected chi connectivity index (χ4v) is 3.75. The van der Waals surface area contributed by atoms with Gasteiger partial charge < -0.3 is 10.6 Å². The highest BCUT2D eigenvalue weighted by atomic mass is 15.2. The molecule has 1 saturated heterocycles. The first kappa shape index (κ1) is 11.9. The van der Waals surface area contributed by atoms with E-state index >= 15 is 0 Å². The summed E-state index contributed by atoms with van der Waals surface area (Å²) < 4.78 is 0. The predicted molar refractivity (Wildman–Crippen MR) is 77.9 cm³/mol. The topological polar surface area (TPSA) is 29.3 Å². The van der Waals surface area contributed by atoms with Crippen molar-refractivity contribution in [3.8, 4) is 0 Å². The Balaban J connectivity index is 1.87. The molecule has 0 spiro atoms. The molecule has 1 aromatic carbocycles. The van der Waals surface area contributed by atoms with E-state index in [4.69, 9.17) is 5.73 Å². The molecular weight excluding hydrogens is 220 g/mol. The number of nitrogen functional groups attached to an aromatic ring is 1. The van der Waals surface area contributed by atoms with Crippen LogP contribution < -0.4 is 10.6 Å². The molecule has 2 atom stereocenters. The minimum Gasteiger partial charge on any atom is -0.398 e. The van der Waals surface area contributed by atoms with Gasteiger partial charge in [0, 0.05) is 24.0 Å². The maximum absolute atomic E-state index is 6.07. The molecule has 3 rings (SSSR count). The van der Waals surface area contributed by atoms with Crippen LogP contribution in [0.3, 0.4) is 0 Å². The Bertz CT molecular complexity index is 425. The third-order valence-corrected chi connectivity index (χ3v) is 4.84. The Morgan fingerprint density at radius 2 is 1.89 bits per heavy atom. The Labute approximate surface area is 110 Å². The number of nitrogens with zero attached hydrogens (tertiary/aromatic N) is 1.